The maximum atomic E-state index is 12.4. The number of alkyl halides is 3. The summed E-state index contributed by atoms with van der Waals surface area (Å²) in [7, 11) is 3.59. The molecule has 0 atom stereocenters. The molecule has 0 saturated carbocycles. The van der Waals surface area contributed by atoms with Crippen molar-refractivity contribution >= 4 is 5.69 Å². The average Bonchev–Trinajstić information content (AvgIpc) is 2.01. The van der Waals surface area contributed by atoms with Crippen molar-refractivity contribution in [1.82, 2.24) is 0 Å². The van der Waals surface area contributed by atoms with Crippen molar-refractivity contribution in [3.05, 3.63) is 29.3 Å². The van der Waals surface area contributed by atoms with Crippen LogP contribution in [0, 0.1) is 6.92 Å². The lowest BCUT2D eigenvalue weighted by molar-refractivity contribution is -0.138. The summed E-state index contributed by atoms with van der Waals surface area (Å²) in [6.07, 6.45) is -4.26. The van der Waals surface area contributed by atoms with Crippen molar-refractivity contribution in [1.29, 1.82) is 0 Å². The van der Waals surface area contributed by atoms with Gasteiger partial charge >= 0.3 is 6.18 Å². The molecule has 0 aromatic heterocycles. The van der Waals surface area contributed by atoms with E-state index in [1.165, 1.54) is 19.1 Å². The van der Waals surface area contributed by atoms with Crippen LogP contribution in [0.1, 0.15) is 11.1 Å². The van der Waals surface area contributed by atoms with Crippen LogP contribution in [0.4, 0.5) is 18.9 Å². The van der Waals surface area contributed by atoms with Crippen molar-refractivity contribution in [2.45, 2.75) is 13.1 Å². The monoisotopic (exact) mass is 203 g/mol. The molecule has 0 saturated heterocycles. The molecule has 1 aromatic carbocycles. The number of benzene rings is 1. The van der Waals surface area contributed by atoms with E-state index in [-0.39, 0.29) is 5.56 Å². The summed E-state index contributed by atoms with van der Waals surface area (Å²) in [5, 5.41) is 0. The summed E-state index contributed by atoms with van der Waals surface area (Å²) >= 11 is 0. The number of halogens is 3. The van der Waals surface area contributed by atoms with E-state index < -0.39 is 11.7 Å². The summed E-state index contributed by atoms with van der Waals surface area (Å²) in [6.45, 7) is 1.47. The fraction of sp³-hybridized carbons (Fsp3) is 0.400. The quantitative estimate of drug-likeness (QED) is 0.678. The lowest BCUT2D eigenvalue weighted by Gasteiger charge is -2.16. The van der Waals surface area contributed by atoms with Crippen molar-refractivity contribution in [3.63, 3.8) is 0 Å². The molecular formula is C10H12F3N. The van der Waals surface area contributed by atoms with E-state index in [0.717, 1.165) is 11.8 Å². The zero-order valence-electron chi connectivity index (χ0n) is 8.31. The van der Waals surface area contributed by atoms with Crippen molar-refractivity contribution in [2.24, 2.45) is 0 Å². The van der Waals surface area contributed by atoms with E-state index in [9.17, 15) is 13.2 Å². The van der Waals surface area contributed by atoms with Gasteiger partial charge in [-0.1, -0.05) is 0 Å². The molecular weight excluding hydrogens is 191 g/mol. The van der Waals surface area contributed by atoms with E-state index in [4.69, 9.17) is 0 Å². The Bertz CT molecular complexity index is 329. The van der Waals surface area contributed by atoms with Gasteiger partial charge in [-0.3, -0.25) is 0 Å². The fourth-order valence-electron chi connectivity index (χ4n) is 1.24. The molecule has 0 spiro atoms. The molecule has 0 N–H and O–H groups in total. The Morgan fingerprint density at radius 3 is 2.07 bits per heavy atom. The highest BCUT2D eigenvalue weighted by Crippen LogP contribution is 2.33. The third-order valence-electron chi connectivity index (χ3n) is 2.03. The maximum Gasteiger partial charge on any atom is 0.416 e. The number of anilines is 1. The minimum Gasteiger partial charge on any atom is -0.378 e. The molecule has 1 nitrogen and oxygen atoms in total. The van der Waals surface area contributed by atoms with Gasteiger partial charge in [0.2, 0.25) is 0 Å². The number of rotatable bonds is 1. The van der Waals surface area contributed by atoms with Gasteiger partial charge in [0.25, 0.3) is 0 Å². The minimum absolute atomic E-state index is 0.253. The Morgan fingerprint density at radius 1 is 1.14 bits per heavy atom. The third-order valence-corrected chi connectivity index (χ3v) is 2.03. The largest absolute Gasteiger partial charge is 0.416 e. The molecule has 0 aliphatic carbocycles. The zero-order chi connectivity index (χ0) is 10.9. The first kappa shape index (κ1) is 10.9. The number of hydrogen-bond acceptors (Lipinski definition) is 1. The molecule has 1 rings (SSSR count). The van der Waals surface area contributed by atoms with Crippen LogP contribution in [0.15, 0.2) is 18.2 Å². The van der Waals surface area contributed by atoms with Crippen LogP contribution in [0.2, 0.25) is 0 Å². The highest BCUT2D eigenvalue weighted by Gasteiger charge is 2.32. The van der Waals surface area contributed by atoms with Crippen LogP contribution in [-0.4, -0.2) is 14.1 Å². The normalized spacial score (nSPS) is 11.6. The smallest absolute Gasteiger partial charge is 0.378 e. The van der Waals surface area contributed by atoms with Crippen LogP contribution in [0.5, 0.6) is 0 Å². The average molecular weight is 203 g/mol. The molecule has 0 fully saturated rings. The molecule has 0 amide bonds. The Balaban J connectivity index is 3.15. The first-order valence-corrected chi connectivity index (χ1v) is 4.17. The van der Waals surface area contributed by atoms with Gasteiger partial charge in [0, 0.05) is 19.8 Å². The number of hydrogen-bond donors (Lipinski definition) is 0. The highest BCUT2D eigenvalue weighted by atomic mass is 19.4. The summed E-state index contributed by atoms with van der Waals surface area (Å²) < 4.78 is 37.1. The van der Waals surface area contributed by atoms with Gasteiger partial charge < -0.3 is 4.90 Å². The molecule has 0 heterocycles. The van der Waals surface area contributed by atoms with Crippen LogP contribution >= 0.6 is 0 Å². The Labute approximate surface area is 81.1 Å². The van der Waals surface area contributed by atoms with Crippen molar-refractivity contribution in [2.75, 3.05) is 19.0 Å². The molecule has 0 aliphatic heterocycles. The topological polar surface area (TPSA) is 3.24 Å². The summed E-state index contributed by atoms with van der Waals surface area (Å²) in [5.74, 6) is 0. The van der Waals surface area contributed by atoms with Gasteiger partial charge in [-0.25, -0.2) is 0 Å². The fourth-order valence-corrected chi connectivity index (χ4v) is 1.24. The van der Waals surface area contributed by atoms with Crippen molar-refractivity contribution < 1.29 is 13.2 Å². The molecule has 4 heteroatoms. The van der Waals surface area contributed by atoms with Gasteiger partial charge in [-0.05, 0) is 30.7 Å². The van der Waals surface area contributed by atoms with Gasteiger partial charge in [0.1, 0.15) is 0 Å². The van der Waals surface area contributed by atoms with E-state index in [1.807, 2.05) is 0 Å². The molecule has 0 unspecified atom stereocenters. The van der Waals surface area contributed by atoms with E-state index in [1.54, 1.807) is 19.0 Å². The van der Waals surface area contributed by atoms with Gasteiger partial charge in [-0.2, -0.15) is 13.2 Å². The second-order valence-electron chi connectivity index (χ2n) is 3.39. The Hall–Kier alpha value is -1.19. The molecule has 1 aromatic rings. The lowest BCUT2D eigenvalue weighted by atomic mass is 10.1. The van der Waals surface area contributed by atoms with Crippen LogP contribution in [0.25, 0.3) is 0 Å². The van der Waals surface area contributed by atoms with E-state index in [2.05, 4.69) is 0 Å². The van der Waals surface area contributed by atoms with Crippen molar-refractivity contribution in [3.8, 4) is 0 Å². The molecule has 0 radical (unpaired) electrons. The second-order valence-corrected chi connectivity index (χ2v) is 3.39. The highest BCUT2D eigenvalue weighted by molar-refractivity contribution is 5.50. The predicted octanol–water partition coefficient (Wildman–Crippen LogP) is 3.08. The summed E-state index contributed by atoms with van der Waals surface area (Å²) in [5.41, 5.74) is 0.460. The Kier molecular flexibility index (Phi) is 2.73. The predicted molar refractivity (Wildman–Crippen MR) is 50.5 cm³/mol. The van der Waals surface area contributed by atoms with Crippen LogP contribution in [-0.2, 0) is 6.18 Å². The number of aryl methyl sites for hydroxylation is 1. The number of nitrogens with zero attached hydrogens (tertiary/aromatic N) is 1. The third kappa shape index (κ3) is 2.19. The zero-order valence-corrected chi connectivity index (χ0v) is 8.31. The molecule has 78 valence electrons. The van der Waals surface area contributed by atoms with Gasteiger partial charge in [0.15, 0.2) is 0 Å². The van der Waals surface area contributed by atoms with Gasteiger partial charge in [0.05, 0.1) is 5.56 Å². The lowest BCUT2D eigenvalue weighted by Crippen LogP contribution is -2.11. The molecule has 0 bridgehead atoms. The molecule has 14 heavy (non-hydrogen) atoms. The van der Waals surface area contributed by atoms with Crippen LogP contribution in [0.3, 0.4) is 0 Å². The molecule has 0 aliphatic rings. The maximum absolute atomic E-state index is 12.4. The first-order valence-electron chi connectivity index (χ1n) is 4.17. The first-order chi connectivity index (χ1) is 6.32. The van der Waals surface area contributed by atoms with E-state index >= 15 is 0 Å². The second kappa shape index (κ2) is 3.52. The summed E-state index contributed by atoms with van der Waals surface area (Å²) in [6, 6.07) is 4.11. The SMILES string of the molecule is Cc1cc(N(C)C)ccc1C(F)(F)F. The Morgan fingerprint density at radius 2 is 1.71 bits per heavy atom. The van der Waals surface area contributed by atoms with E-state index in [0.29, 0.717) is 0 Å². The van der Waals surface area contributed by atoms with Crippen LogP contribution < -0.4 is 4.90 Å². The standard InChI is InChI=1S/C10H12F3N/c1-7-6-8(14(2)3)4-5-9(7)10(11,12)13/h4-6H,1-3H3. The van der Waals surface area contributed by atoms with Gasteiger partial charge in [-0.15, -0.1) is 0 Å². The minimum atomic E-state index is -4.26. The summed E-state index contributed by atoms with van der Waals surface area (Å²) in [4.78, 5) is 1.77.